The van der Waals surface area contributed by atoms with Gasteiger partial charge in [-0.15, -0.1) is 0 Å². The zero-order valence-corrected chi connectivity index (χ0v) is 27.3. The summed E-state index contributed by atoms with van der Waals surface area (Å²) in [7, 11) is 3.41. The Labute approximate surface area is 277 Å². The molecule has 0 bridgehead atoms. The molecule has 4 rings (SSSR count). The summed E-state index contributed by atoms with van der Waals surface area (Å²) < 4.78 is 0. The summed E-state index contributed by atoms with van der Waals surface area (Å²) in [6.07, 6.45) is 4.85. The quantitative estimate of drug-likeness (QED) is 0.131. The van der Waals surface area contributed by atoms with E-state index in [1.54, 1.807) is 60.3 Å². The van der Waals surface area contributed by atoms with Crippen molar-refractivity contribution in [2.24, 2.45) is 0 Å². The molecule has 0 aliphatic carbocycles. The van der Waals surface area contributed by atoms with Gasteiger partial charge in [0.1, 0.15) is 0 Å². The van der Waals surface area contributed by atoms with Crippen LogP contribution in [0.25, 0.3) is 0 Å². The first-order chi connectivity index (χ1) is 22.8. The van der Waals surface area contributed by atoms with Gasteiger partial charge in [-0.2, -0.15) is 0 Å². The molecule has 4 amide bonds. The van der Waals surface area contributed by atoms with Crippen molar-refractivity contribution in [3.05, 3.63) is 131 Å². The Morgan fingerprint density at radius 1 is 0.468 bits per heavy atom. The fraction of sp³-hybridized carbons (Fsp3) is 0.282. The first kappa shape index (κ1) is 34.6. The number of amides is 4. The Balaban J connectivity index is 1.16. The van der Waals surface area contributed by atoms with Crippen molar-refractivity contribution >= 4 is 35.0 Å². The normalized spacial score (nSPS) is 10.6. The minimum atomic E-state index is -0.223. The highest BCUT2D eigenvalue weighted by molar-refractivity contribution is 6.05. The van der Waals surface area contributed by atoms with E-state index in [4.69, 9.17) is 0 Å². The van der Waals surface area contributed by atoms with Crippen LogP contribution in [0.2, 0.25) is 0 Å². The summed E-state index contributed by atoms with van der Waals surface area (Å²) in [5.74, 6) is -0.536. The van der Waals surface area contributed by atoms with Gasteiger partial charge < -0.3 is 20.4 Å². The van der Waals surface area contributed by atoms with Gasteiger partial charge in [0.15, 0.2) is 0 Å². The smallest absolute Gasteiger partial charge is 0.253 e. The number of nitrogens with one attached hydrogen (secondary N) is 2. The van der Waals surface area contributed by atoms with Crippen molar-refractivity contribution in [3.63, 3.8) is 0 Å². The van der Waals surface area contributed by atoms with Gasteiger partial charge in [-0.3, -0.25) is 19.2 Å². The summed E-state index contributed by atoms with van der Waals surface area (Å²) in [4.78, 5) is 55.0. The molecule has 0 aliphatic rings. The summed E-state index contributed by atoms with van der Waals surface area (Å²) in [6, 6.07) is 33.7. The Bertz CT molecular complexity index is 1500. The Morgan fingerprint density at radius 3 is 1.21 bits per heavy atom. The first-order valence-electron chi connectivity index (χ1n) is 16.2. The topological polar surface area (TPSA) is 98.8 Å². The van der Waals surface area contributed by atoms with E-state index in [1.807, 2.05) is 72.8 Å². The lowest BCUT2D eigenvalue weighted by molar-refractivity contribution is -0.119. The van der Waals surface area contributed by atoms with Crippen molar-refractivity contribution in [2.75, 3.05) is 23.9 Å². The molecule has 244 valence electrons. The van der Waals surface area contributed by atoms with Crippen LogP contribution < -0.4 is 20.4 Å². The number of carbonyl (C=O) groups is 4. The molecular formula is C39H44N4O4. The lowest BCUT2D eigenvalue weighted by Crippen LogP contribution is -2.30. The van der Waals surface area contributed by atoms with Gasteiger partial charge in [-0.25, -0.2) is 0 Å². The molecule has 0 aliphatic heterocycles. The summed E-state index contributed by atoms with van der Waals surface area (Å²) in [5, 5.41) is 5.88. The number of anilines is 2. The summed E-state index contributed by atoms with van der Waals surface area (Å²) in [5.41, 5.74) is 4.10. The van der Waals surface area contributed by atoms with Gasteiger partial charge >= 0.3 is 0 Å². The monoisotopic (exact) mass is 632 g/mol. The molecule has 0 aromatic heterocycles. The van der Waals surface area contributed by atoms with Gasteiger partial charge in [0.2, 0.25) is 11.8 Å². The first-order valence-corrected chi connectivity index (χ1v) is 16.2. The van der Waals surface area contributed by atoms with E-state index in [9.17, 15) is 19.2 Å². The molecule has 8 heteroatoms. The van der Waals surface area contributed by atoms with E-state index in [2.05, 4.69) is 10.6 Å². The number of hydrogen-bond acceptors (Lipinski definition) is 4. The van der Waals surface area contributed by atoms with Crippen molar-refractivity contribution in [1.29, 1.82) is 0 Å². The maximum absolute atomic E-state index is 13.0. The fourth-order valence-corrected chi connectivity index (χ4v) is 5.35. The molecule has 0 radical (unpaired) electrons. The fourth-order valence-electron chi connectivity index (χ4n) is 5.35. The molecule has 0 saturated heterocycles. The van der Waals surface area contributed by atoms with E-state index < -0.39 is 0 Å². The van der Waals surface area contributed by atoms with Crippen LogP contribution in [0.5, 0.6) is 0 Å². The predicted octanol–water partition coefficient (Wildman–Crippen LogP) is 6.90. The number of carbonyl (C=O) groups excluding carboxylic acids is 4. The molecule has 4 aromatic carbocycles. The number of rotatable bonds is 16. The van der Waals surface area contributed by atoms with E-state index in [1.165, 1.54) is 0 Å². The third-order valence-electron chi connectivity index (χ3n) is 8.14. The number of unbranched alkanes of at least 4 members (excludes halogenated alkanes) is 4. The maximum Gasteiger partial charge on any atom is 0.253 e. The molecule has 0 saturated carbocycles. The molecule has 0 unspecified atom stereocenters. The molecular weight excluding hydrogens is 588 g/mol. The lowest BCUT2D eigenvalue weighted by atomic mass is 10.1. The van der Waals surface area contributed by atoms with Crippen LogP contribution in [0, 0.1) is 0 Å². The van der Waals surface area contributed by atoms with Crippen LogP contribution in [-0.4, -0.2) is 37.7 Å². The van der Waals surface area contributed by atoms with Crippen molar-refractivity contribution in [1.82, 2.24) is 10.6 Å². The standard InChI is InChI=1S/C39H44N4O4/c1-42(34-24-16-14-22-32(34)38(46)40-28-30-18-8-6-9-19-30)36(44)26-12-4-3-5-13-27-37(45)43(2)35-25-17-15-23-33(35)39(47)41-29-31-20-10-7-11-21-31/h6-11,14-25H,3-5,12-13,26-29H2,1-2H3,(H,40,46)(H,41,47). The Kier molecular flexibility index (Phi) is 13.3. The molecule has 0 fully saturated rings. The average molecular weight is 633 g/mol. The van der Waals surface area contributed by atoms with Crippen LogP contribution >= 0.6 is 0 Å². The van der Waals surface area contributed by atoms with Gasteiger partial charge in [-0.05, 0) is 48.2 Å². The van der Waals surface area contributed by atoms with E-state index in [-0.39, 0.29) is 23.6 Å². The number of hydrogen-bond donors (Lipinski definition) is 2. The molecule has 0 heterocycles. The molecule has 8 nitrogen and oxygen atoms in total. The molecule has 0 spiro atoms. The maximum atomic E-state index is 13.0. The molecule has 47 heavy (non-hydrogen) atoms. The van der Waals surface area contributed by atoms with Crippen molar-refractivity contribution in [2.45, 2.75) is 58.0 Å². The summed E-state index contributed by atoms with van der Waals surface area (Å²) >= 11 is 0. The van der Waals surface area contributed by atoms with Crippen LogP contribution in [0.15, 0.2) is 109 Å². The van der Waals surface area contributed by atoms with Crippen LogP contribution in [0.3, 0.4) is 0 Å². The van der Waals surface area contributed by atoms with Crippen LogP contribution in [-0.2, 0) is 22.7 Å². The Hall–Kier alpha value is -5.24. The highest BCUT2D eigenvalue weighted by Gasteiger charge is 2.19. The molecule has 2 N–H and O–H groups in total. The SMILES string of the molecule is CN(C(=O)CCCCCCCC(=O)N(C)c1ccccc1C(=O)NCc1ccccc1)c1ccccc1C(=O)NCc1ccccc1. The number of para-hydroxylation sites is 2. The minimum Gasteiger partial charge on any atom is -0.348 e. The average Bonchev–Trinajstić information content (AvgIpc) is 3.12. The largest absolute Gasteiger partial charge is 0.348 e. The van der Waals surface area contributed by atoms with Crippen LogP contribution in [0.4, 0.5) is 11.4 Å². The lowest BCUT2D eigenvalue weighted by Gasteiger charge is -2.21. The minimum absolute atomic E-state index is 0.0448. The second-order valence-corrected chi connectivity index (χ2v) is 11.5. The number of benzene rings is 4. The van der Waals surface area contributed by atoms with E-state index in [0.717, 1.165) is 43.2 Å². The highest BCUT2D eigenvalue weighted by Crippen LogP contribution is 2.23. The second kappa shape index (κ2) is 18.0. The van der Waals surface area contributed by atoms with Crippen molar-refractivity contribution < 1.29 is 19.2 Å². The molecule has 0 atom stereocenters. The van der Waals surface area contributed by atoms with Crippen LogP contribution in [0.1, 0.15) is 76.8 Å². The van der Waals surface area contributed by atoms with Gasteiger partial charge in [0.25, 0.3) is 11.8 Å². The zero-order chi connectivity index (χ0) is 33.4. The van der Waals surface area contributed by atoms with Gasteiger partial charge in [0.05, 0.1) is 22.5 Å². The predicted molar refractivity (Wildman–Crippen MR) is 187 cm³/mol. The third-order valence-corrected chi connectivity index (χ3v) is 8.14. The molecule has 4 aromatic rings. The zero-order valence-electron chi connectivity index (χ0n) is 27.3. The van der Waals surface area contributed by atoms with Gasteiger partial charge in [0, 0.05) is 40.0 Å². The third kappa shape index (κ3) is 10.4. The number of nitrogens with zero attached hydrogens (tertiary/aromatic N) is 2. The highest BCUT2D eigenvalue weighted by atomic mass is 16.2. The van der Waals surface area contributed by atoms with Crippen molar-refractivity contribution in [3.8, 4) is 0 Å². The van der Waals surface area contributed by atoms with Gasteiger partial charge in [-0.1, -0.05) is 104 Å². The summed E-state index contributed by atoms with van der Waals surface area (Å²) in [6.45, 7) is 0.820. The Morgan fingerprint density at radius 2 is 0.809 bits per heavy atom. The second-order valence-electron chi connectivity index (χ2n) is 11.5. The van der Waals surface area contributed by atoms with E-state index in [0.29, 0.717) is 48.4 Å². The van der Waals surface area contributed by atoms with E-state index >= 15 is 0 Å².